The minimum Gasteiger partial charge on any atom is -0.212 e. The van der Waals surface area contributed by atoms with Crippen LogP contribution in [0.3, 0.4) is 0 Å². The van der Waals surface area contributed by atoms with Gasteiger partial charge in [-0.05, 0) is 6.26 Å². The van der Waals surface area contributed by atoms with Gasteiger partial charge in [-0.25, -0.2) is 9.97 Å². The molecule has 1 aromatic rings. The molecule has 0 unspecified atom stereocenters. The number of hydrogen-bond acceptors (Lipinski definition) is 4. The highest BCUT2D eigenvalue weighted by molar-refractivity contribution is 7.98. The maximum atomic E-state index is 8.47. The molecular weight excluding hydrogens is 182 g/mol. The van der Waals surface area contributed by atoms with Crippen molar-refractivity contribution in [3.63, 3.8) is 0 Å². The molecule has 11 heavy (non-hydrogen) atoms. The van der Waals surface area contributed by atoms with Crippen LogP contribution in [0.5, 0.6) is 0 Å². The van der Waals surface area contributed by atoms with Gasteiger partial charge < -0.3 is 0 Å². The SMILES string of the molecule is CSc1nc(Cl)cc(C#N)n1. The Morgan fingerprint density at radius 3 is 2.91 bits per heavy atom. The van der Waals surface area contributed by atoms with Crippen molar-refractivity contribution in [2.24, 2.45) is 0 Å². The molecule has 0 aliphatic heterocycles. The highest BCUT2D eigenvalue weighted by atomic mass is 35.5. The Kier molecular flexibility index (Phi) is 2.69. The first kappa shape index (κ1) is 8.31. The van der Waals surface area contributed by atoms with E-state index in [1.165, 1.54) is 17.8 Å². The first-order valence-corrected chi connectivity index (χ1v) is 4.35. The van der Waals surface area contributed by atoms with Crippen LogP contribution in [0.15, 0.2) is 11.2 Å². The van der Waals surface area contributed by atoms with Gasteiger partial charge in [0, 0.05) is 6.07 Å². The zero-order chi connectivity index (χ0) is 8.27. The van der Waals surface area contributed by atoms with Crippen LogP contribution >= 0.6 is 23.4 Å². The van der Waals surface area contributed by atoms with Gasteiger partial charge in [-0.15, -0.1) is 0 Å². The molecule has 5 heteroatoms. The third kappa shape index (κ3) is 2.07. The minimum atomic E-state index is 0.300. The van der Waals surface area contributed by atoms with E-state index in [2.05, 4.69) is 9.97 Å². The molecule has 0 amide bonds. The van der Waals surface area contributed by atoms with Crippen LogP contribution in [-0.2, 0) is 0 Å². The lowest BCUT2D eigenvalue weighted by Gasteiger charge is -1.94. The van der Waals surface area contributed by atoms with Crippen molar-refractivity contribution >= 4 is 23.4 Å². The maximum absolute atomic E-state index is 8.47. The highest BCUT2D eigenvalue weighted by Crippen LogP contribution is 2.13. The van der Waals surface area contributed by atoms with Gasteiger partial charge in [0.05, 0.1) is 0 Å². The van der Waals surface area contributed by atoms with E-state index in [0.717, 1.165) is 0 Å². The first-order chi connectivity index (χ1) is 5.26. The van der Waals surface area contributed by atoms with Crippen molar-refractivity contribution in [3.05, 3.63) is 16.9 Å². The predicted octanol–water partition coefficient (Wildman–Crippen LogP) is 1.72. The summed E-state index contributed by atoms with van der Waals surface area (Å²) >= 11 is 6.95. The molecule has 0 bridgehead atoms. The Morgan fingerprint density at radius 1 is 1.64 bits per heavy atom. The summed E-state index contributed by atoms with van der Waals surface area (Å²) in [6.45, 7) is 0. The van der Waals surface area contributed by atoms with Crippen molar-refractivity contribution < 1.29 is 0 Å². The Bertz CT molecular complexity index is 307. The fourth-order valence-electron chi connectivity index (χ4n) is 0.545. The molecule has 0 fully saturated rings. The van der Waals surface area contributed by atoms with Gasteiger partial charge in [-0.2, -0.15) is 5.26 Å². The average molecular weight is 186 g/mol. The number of halogens is 1. The molecule has 0 aliphatic rings. The number of nitrogens with zero attached hydrogens (tertiary/aromatic N) is 3. The summed E-state index contributed by atoms with van der Waals surface area (Å²) in [5.74, 6) is 0. The Balaban J connectivity index is 3.15. The van der Waals surface area contributed by atoms with Crippen molar-refractivity contribution in [2.45, 2.75) is 5.16 Å². The number of thioether (sulfide) groups is 1. The van der Waals surface area contributed by atoms with Gasteiger partial charge in [-0.3, -0.25) is 0 Å². The van der Waals surface area contributed by atoms with E-state index in [-0.39, 0.29) is 0 Å². The van der Waals surface area contributed by atoms with E-state index < -0.39 is 0 Å². The number of rotatable bonds is 1. The lowest BCUT2D eigenvalue weighted by Crippen LogP contribution is -1.89. The predicted molar refractivity (Wildman–Crippen MR) is 43.5 cm³/mol. The fourth-order valence-corrected chi connectivity index (χ4v) is 1.16. The summed E-state index contributed by atoms with van der Waals surface area (Å²) in [5.41, 5.74) is 0.300. The quantitative estimate of drug-likeness (QED) is 0.380. The molecule has 0 aliphatic carbocycles. The second kappa shape index (κ2) is 3.56. The number of hydrogen-bond donors (Lipinski definition) is 0. The summed E-state index contributed by atoms with van der Waals surface area (Å²) in [6, 6.07) is 3.33. The molecule has 1 aromatic heterocycles. The third-order valence-corrected chi connectivity index (χ3v) is 1.71. The van der Waals surface area contributed by atoms with E-state index in [1.807, 2.05) is 12.3 Å². The van der Waals surface area contributed by atoms with E-state index in [4.69, 9.17) is 16.9 Å². The minimum absolute atomic E-state index is 0.300. The molecule has 3 nitrogen and oxygen atoms in total. The Hall–Kier alpha value is -0.790. The van der Waals surface area contributed by atoms with Gasteiger partial charge in [0.15, 0.2) is 5.16 Å². The second-order valence-electron chi connectivity index (χ2n) is 1.67. The molecule has 0 aromatic carbocycles. The monoisotopic (exact) mass is 185 g/mol. The maximum Gasteiger partial charge on any atom is 0.189 e. The van der Waals surface area contributed by atoms with E-state index in [9.17, 15) is 0 Å². The molecule has 0 radical (unpaired) electrons. The lowest BCUT2D eigenvalue weighted by atomic mass is 10.4. The van der Waals surface area contributed by atoms with Gasteiger partial charge in [0.2, 0.25) is 0 Å². The molecule has 0 N–H and O–H groups in total. The number of aromatic nitrogens is 2. The highest BCUT2D eigenvalue weighted by Gasteiger charge is 1.99. The fraction of sp³-hybridized carbons (Fsp3) is 0.167. The summed E-state index contributed by atoms with van der Waals surface area (Å²) in [6.07, 6.45) is 1.83. The molecule has 0 saturated heterocycles. The van der Waals surface area contributed by atoms with Crippen LogP contribution < -0.4 is 0 Å². The smallest absolute Gasteiger partial charge is 0.189 e. The van der Waals surface area contributed by atoms with Gasteiger partial charge in [0.1, 0.15) is 16.9 Å². The van der Waals surface area contributed by atoms with Crippen LogP contribution in [0.4, 0.5) is 0 Å². The summed E-state index contributed by atoms with van der Waals surface area (Å²) in [5, 5.41) is 9.30. The summed E-state index contributed by atoms with van der Waals surface area (Å²) in [7, 11) is 0. The van der Waals surface area contributed by atoms with E-state index in [1.54, 1.807) is 0 Å². The Morgan fingerprint density at radius 2 is 2.36 bits per heavy atom. The molecular formula is C6H4ClN3S. The molecule has 1 rings (SSSR count). The van der Waals surface area contributed by atoms with Gasteiger partial charge in [-0.1, -0.05) is 23.4 Å². The zero-order valence-electron chi connectivity index (χ0n) is 5.71. The zero-order valence-corrected chi connectivity index (χ0v) is 7.28. The molecule has 0 saturated carbocycles. The van der Waals surface area contributed by atoms with Crippen LogP contribution in [0.25, 0.3) is 0 Å². The lowest BCUT2D eigenvalue weighted by molar-refractivity contribution is 0.956. The molecule has 0 atom stereocenters. The largest absolute Gasteiger partial charge is 0.212 e. The molecule has 1 heterocycles. The first-order valence-electron chi connectivity index (χ1n) is 2.75. The van der Waals surface area contributed by atoms with Crippen molar-refractivity contribution in [3.8, 4) is 6.07 Å². The Labute approximate surface area is 73.4 Å². The van der Waals surface area contributed by atoms with Crippen molar-refractivity contribution in [2.75, 3.05) is 6.26 Å². The van der Waals surface area contributed by atoms with Gasteiger partial charge in [0.25, 0.3) is 0 Å². The average Bonchev–Trinajstić information content (AvgIpc) is 2.03. The van der Waals surface area contributed by atoms with Crippen LogP contribution in [0, 0.1) is 11.3 Å². The van der Waals surface area contributed by atoms with Crippen molar-refractivity contribution in [1.82, 2.24) is 9.97 Å². The molecule has 0 spiro atoms. The standard InChI is InChI=1S/C6H4ClN3S/c1-11-6-9-4(3-8)2-5(7)10-6/h2H,1H3. The normalized spacial score (nSPS) is 9.18. The summed E-state index contributed by atoms with van der Waals surface area (Å²) in [4.78, 5) is 7.74. The number of nitriles is 1. The van der Waals surface area contributed by atoms with E-state index >= 15 is 0 Å². The van der Waals surface area contributed by atoms with Crippen LogP contribution in [0.2, 0.25) is 5.15 Å². The summed E-state index contributed by atoms with van der Waals surface area (Å²) < 4.78 is 0. The van der Waals surface area contributed by atoms with E-state index in [0.29, 0.717) is 16.0 Å². The van der Waals surface area contributed by atoms with Crippen LogP contribution in [-0.4, -0.2) is 16.2 Å². The van der Waals surface area contributed by atoms with Crippen molar-refractivity contribution in [1.29, 1.82) is 5.26 Å². The molecule has 56 valence electrons. The van der Waals surface area contributed by atoms with Crippen LogP contribution in [0.1, 0.15) is 5.69 Å². The van der Waals surface area contributed by atoms with Gasteiger partial charge >= 0.3 is 0 Å². The topological polar surface area (TPSA) is 49.6 Å². The second-order valence-corrected chi connectivity index (χ2v) is 2.84. The third-order valence-electron chi connectivity index (χ3n) is 0.971.